The van der Waals surface area contributed by atoms with Crippen LogP contribution < -0.4 is 5.32 Å². The molecule has 0 spiro atoms. The van der Waals surface area contributed by atoms with Gasteiger partial charge in [0.1, 0.15) is 5.01 Å². The van der Waals surface area contributed by atoms with E-state index in [9.17, 15) is 23.1 Å². The van der Waals surface area contributed by atoms with Gasteiger partial charge < -0.3 is 10.4 Å². The topological polar surface area (TPSA) is 62.2 Å². The van der Waals surface area contributed by atoms with E-state index in [-0.39, 0.29) is 0 Å². The number of aliphatic hydroxyl groups is 1. The number of rotatable bonds is 3. The Morgan fingerprint density at radius 3 is 2.60 bits per heavy atom. The molecule has 2 rings (SSSR count). The number of alkyl halides is 3. The van der Waals surface area contributed by atoms with Crippen molar-refractivity contribution in [3.63, 3.8) is 0 Å². The van der Waals surface area contributed by atoms with Crippen LogP contribution in [0.15, 0.2) is 24.3 Å². The first-order valence-corrected chi connectivity index (χ1v) is 6.45. The molecule has 1 amide bonds. The van der Waals surface area contributed by atoms with E-state index in [1.807, 2.05) is 0 Å². The lowest BCUT2D eigenvalue weighted by Gasteiger charge is -2.27. The Kier molecular flexibility index (Phi) is 3.70. The average Bonchev–Trinajstić information content (AvgIpc) is 2.81. The number of hydrogen-bond acceptors (Lipinski definition) is 4. The van der Waals surface area contributed by atoms with Gasteiger partial charge in [0, 0.05) is 7.05 Å². The first kappa shape index (κ1) is 14.7. The molecule has 4 nitrogen and oxygen atoms in total. The molecule has 1 unspecified atom stereocenters. The second kappa shape index (κ2) is 5.02. The molecule has 0 aliphatic carbocycles. The molecular formula is C12H11F3N2O2S. The number of fused-ring (bicyclic) bond motifs is 1. The van der Waals surface area contributed by atoms with E-state index >= 15 is 0 Å². The lowest BCUT2D eigenvalue weighted by molar-refractivity contribution is -0.267. The highest BCUT2D eigenvalue weighted by molar-refractivity contribution is 7.18. The number of amides is 1. The van der Waals surface area contributed by atoms with E-state index in [1.54, 1.807) is 24.3 Å². The van der Waals surface area contributed by atoms with Crippen LogP contribution in [0.2, 0.25) is 0 Å². The maximum Gasteiger partial charge on any atom is 0.424 e. The Bertz CT molecular complexity index is 608. The molecule has 8 heteroatoms. The number of hydrogen-bond donors (Lipinski definition) is 2. The Morgan fingerprint density at radius 2 is 2.05 bits per heavy atom. The molecule has 1 heterocycles. The highest BCUT2D eigenvalue weighted by atomic mass is 32.1. The van der Waals surface area contributed by atoms with Crippen LogP contribution in [0.3, 0.4) is 0 Å². The van der Waals surface area contributed by atoms with E-state index in [4.69, 9.17) is 0 Å². The summed E-state index contributed by atoms with van der Waals surface area (Å²) in [7, 11) is 1.21. The molecule has 1 aromatic heterocycles. The Hall–Kier alpha value is -1.67. The predicted octanol–water partition coefficient (Wildman–Crippen LogP) is 2.18. The van der Waals surface area contributed by atoms with Crippen molar-refractivity contribution < 1.29 is 23.1 Å². The minimum absolute atomic E-state index is 0.354. The molecule has 0 saturated carbocycles. The molecule has 2 N–H and O–H groups in total. The maximum absolute atomic E-state index is 13.2. The van der Waals surface area contributed by atoms with Crippen molar-refractivity contribution in [1.29, 1.82) is 0 Å². The number of thiazole rings is 1. The molecule has 0 aliphatic heterocycles. The summed E-state index contributed by atoms with van der Waals surface area (Å²) in [5.41, 5.74) is -2.93. The zero-order chi connectivity index (χ0) is 15.0. The number of halogens is 3. The quantitative estimate of drug-likeness (QED) is 0.913. The molecule has 20 heavy (non-hydrogen) atoms. The standard InChI is InChI=1S/C12H11F3N2O2S/c1-16-9(18)6-11(19,12(13,14)15)10-17-7-4-2-3-5-8(7)20-10/h2-5,19H,6H2,1H3,(H,16,18). The van der Waals surface area contributed by atoms with Crippen LogP contribution in [0.5, 0.6) is 0 Å². The fraction of sp³-hybridized carbons (Fsp3) is 0.333. The van der Waals surface area contributed by atoms with Gasteiger partial charge in [-0.25, -0.2) is 4.98 Å². The molecule has 1 aromatic carbocycles. The molecule has 1 atom stereocenters. The summed E-state index contributed by atoms with van der Waals surface area (Å²) in [5.74, 6) is -0.913. The van der Waals surface area contributed by atoms with Gasteiger partial charge in [-0.1, -0.05) is 12.1 Å². The van der Waals surface area contributed by atoms with Gasteiger partial charge in [-0.05, 0) is 12.1 Å². The van der Waals surface area contributed by atoms with Gasteiger partial charge in [0.25, 0.3) is 0 Å². The van der Waals surface area contributed by atoms with Crippen LogP contribution in [0.25, 0.3) is 10.2 Å². The van der Waals surface area contributed by atoms with Gasteiger partial charge in [-0.3, -0.25) is 4.79 Å². The second-order valence-corrected chi connectivity index (χ2v) is 5.23. The van der Waals surface area contributed by atoms with Gasteiger partial charge in [-0.15, -0.1) is 11.3 Å². The largest absolute Gasteiger partial charge is 0.424 e. The van der Waals surface area contributed by atoms with Crippen molar-refractivity contribution in [2.45, 2.75) is 18.2 Å². The number of benzene rings is 1. The Balaban J connectivity index is 2.53. The van der Waals surface area contributed by atoms with E-state index in [0.29, 0.717) is 10.2 Å². The second-order valence-electron chi connectivity index (χ2n) is 4.19. The molecule has 0 aliphatic rings. The van der Waals surface area contributed by atoms with Gasteiger partial charge in [0.15, 0.2) is 0 Å². The van der Waals surface area contributed by atoms with Gasteiger partial charge in [-0.2, -0.15) is 13.2 Å². The number of carbonyl (C=O) groups is 1. The third-order valence-electron chi connectivity index (χ3n) is 2.81. The number of para-hydroxylation sites is 1. The molecule has 0 radical (unpaired) electrons. The lowest BCUT2D eigenvalue weighted by Crippen LogP contribution is -2.45. The van der Waals surface area contributed by atoms with E-state index in [1.165, 1.54) is 7.05 Å². The SMILES string of the molecule is CNC(=O)CC(O)(c1nc2ccccc2s1)C(F)(F)F. The zero-order valence-electron chi connectivity index (χ0n) is 10.4. The number of nitrogens with one attached hydrogen (secondary N) is 1. The number of carbonyl (C=O) groups excluding carboxylic acids is 1. The fourth-order valence-electron chi connectivity index (χ4n) is 1.67. The molecule has 0 fully saturated rings. The lowest BCUT2D eigenvalue weighted by atomic mass is 9.99. The number of aromatic nitrogens is 1. The molecule has 108 valence electrons. The predicted molar refractivity (Wildman–Crippen MR) is 68.3 cm³/mol. The number of nitrogens with zero attached hydrogens (tertiary/aromatic N) is 1. The minimum Gasteiger partial charge on any atom is -0.374 e. The summed E-state index contributed by atoms with van der Waals surface area (Å²) in [6.45, 7) is 0. The summed E-state index contributed by atoms with van der Waals surface area (Å²) in [5, 5.41) is 11.5. The third-order valence-corrected chi connectivity index (χ3v) is 4.00. The van der Waals surface area contributed by atoms with Crippen LogP contribution in [0.4, 0.5) is 13.2 Å². The van der Waals surface area contributed by atoms with Crippen molar-refractivity contribution in [3.05, 3.63) is 29.3 Å². The monoisotopic (exact) mass is 304 g/mol. The van der Waals surface area contributed by atoms with Crippen LogP contribution in [-0.2, 0) is 10.4 Å². The van der Waals surface area contributed by atoms with Gasteiger partial charge in [0.05, 0.1) is 16.6 Å². The molecule has 0 saturated heterocycles. The van der Waals surface area contributed by atoms with Gasteiger partial charge in [0.2, 0.25) is 11.5 Å². The average molecular weight is 304 g/mol. The smallest absolute Gasteiger partial charge is 0.374 e. The summed E-state index contributed by atoms with van der Waals surface area (Å²) >= 11 is 0.722. The maximum atomic E-state index is 13.2. The Morgan fingerprint density at radius 1 is 1.40 bits per heavy atom. The van der Waals surface area contributed by atoms with Crippen molar-refractivity contribution in [1.82, 2.24) is 10.3 Å². The van der Waals surface area contributed by atoms with Crippen LogP contribution in [-0.4, -0.2) is 29.2 Å². The van der Waals surface area contributed by atoms with E-state index in [0.717, 1.165) is 11.3 Å². The summed E-state index contributed by atoms with van der Waals surface area (Å²) in [4.78, 5) is 15.1. The molecular weight excluding hydrogens is 293 g/mol. The fourth-order valence-corrected chi connectivity index (χ4v) is 2.74. The minimum atomic E-state index is -4.99. The zero-order valence-corrected chi connectivity index (χ0v) is 11.2. The van der Waals surface area contributed by atoms with Crippen molar-refractivity contribution in [2.24, 2.45) is 0 Å². The van der Waals surface area contributed by atoms with E-state index in [2.05, 4.69) is 10.3 Å². The summed E-state index contributed by atoms with van der Waals surface area (Å²) in [6, 6.07) is 6.45. The highest BCUT2D eigenvalue weighted by Crippen LogP contribution is 2.44. The summed E-state index contributed by atoms with van der Waals surface area (Å²) < 4.78 is 40.0. The summed E-state index contributed by atoms with van der Waals surface area (Å²) in [6.07, 6.45) is -6.11. The van der Waals surface area contributed by atoms with Crippen molar-refractivity contribution in [3.8, 4) is 0 Å². The molecule has 0 bridgehead atoms. The normalized spacial score (nSPS) is 15.1. The Labute approximate surface area is 116 Å². The van der Waals surface area contributed by atoms with Gasteiger partial charge >= 0.3 is 6.18 Å². The third kappa shape index (κ3) is 2.48. The first-order chi connectivity index (χ1) is 9.28. The van der Waals surface area contributed by atoms with Crippen LogP contribution in [0, 0.1) is 0 Å². The molecule has 2 aromatic rings. The van der Waals surface area contributed by atoms with Crippen molar-refractivity contribution in [2.75, 3.05) is 7.05 Å². The first-order valence-electron chi connectivity index (χ1n) is 5.63. The van der Waals surface area contributed by atoms with E-state index < -0.39 is 29.1 Å². The van der Waals surface area contributed by atoms with Crippen LogP contribution >= 0.6 is 11.3 Å². The highest BCUT2D eigenvalue weighted by Gasteiger charge is 2.58. The van der Waals surface area contributed by atoms with Crippen molar-refractivity contribution >= 4 is 27.5 Å². The van der Waals surface area contributed by atoms with Crippen LogP contribution in [0.1, 0.15) is 11.4 Å².